The standard InChI is InChI=1S/C13H7BrCl2F2/c14-8-3-7(4-9(15)5-8)13(16)11-6-10(17)1-2-12(11)18/h1-6,13H. The van der Waals surface area contributed by atoms with E-state index >= 15 is 0 Å². The van der Waals surface area contributed by atoms with Gasteiger partial charge in [0.05, 0.1) is 5.38 Å². The van der Waals surface area contributed by atoms with Crippen LogP contribution in [0.2, 0.25) is 5.02 Å². The predicted molar refractivity (Wildman–Crippen MR) is 73.2 cm³/mol. The lowest BCUT2D eigenvalue weighted by atomic mass is 10.0. The van der Waals surface area contributed by atoms with Crippen LogP contribution in [0.25, 0.3) is 0 Å². The summed E-state index contributed by atoms with van der Waals surface area (Å²) < 4.78 is 27.5. The van der Waals surface area contributed by atoms with E-state index in [-0.39, 0.29) is 5.56 Å². The molecule has 2 rings (SSSR count). The van der Waals surface area contributed by atoms with Gasteiger partial charge in [-0.05, 0) is 42.0 Å². The van der Waals surface area contributed by atoms with Gasteiger partial charge in [-0.1, -0.05) is 27.5 Å². The van der Waals surface area contributed by atoms with Crippen LogP contribution in [0.5, 0.6) is 0 Å². The molecule has 1 unspecified atom stereocenters. The highest BCUT2D eigenvalue weighted by Gasteiger charge is 2.17. The maximum absolute atomic E-state index is 13.6. The lowest BCUT2D eigenvalue weighted by Crippen LogP contribution is -1.98. The third kappa shape index (κ3) is 3.02. The molecule has 0 heterocycles. The number of rotatable bonds is 2. The Morgan fingerprint density at radius 3 is 2.44 bits per heavy atom. The molecule has 0 saturated carbocycles. The van der Waals surface area contributed by atoms with Crippen LogP contribution in [0, 0.1) is 11.6 Å². The third-order valence-electron chi connectivity index (χ3n) is 2.41. The van der Waals surface area contributed by atoms with Gasteiger partial charge in [0.1, 0.15) is 11.6 Å². The summed E-state index contributed by atoms with van der Waals surface area (Å²) in [6, 6.07) is 8.22. The molecule has 0 bridgehead atoms. The highest BCUT2D eigenvalue weighted by molar-refractivity contribution is 9.10. The van der Waals surface area contributed by atoms with E-state index in [9.17, 15) is 8.78 Å². The quantitative estimate of drug-likeness (QED) is 0.608. The van der Waals surface area contributed by atoms with Crippen molar-refractivity contribution in [1.29, 1.82) is 0 Å². The van der Waals surface area contributed by atoms with Crippen molar-refractivity contribution in [3.8, 4) is 0 Å². The number of hydrogen-bond donors (Lipinski definition) is 0. The van der Waals surface area contributed by atoms with Crippen LogP contribution in [0.1, 0.15) is 16.5 Å². The van der Waals surface area contributed by atoms with Crippen molar-refractivity contribution in [1.82, 2.24) is 0 Å². The number of benzene rings is 2. The van der Waals surface area contributed by atoms with Gasteiger partial charge in [-0.15, -0.1) is 11.6 Å². The Labute approximate surface area is 122 Å². The molecule has 2 aromatic rings. The first-order chi connectivity index (χ1) is 8.47. The molecule has 0 aliphatic rings. The van der Waals surface area contributed by atoms with E-state index in [1.807, 2.05) is 0 Å². The van der Waals surface area contributed by atoms with Crippen molar-refractivity contribution >= 4 is 39.1 Å². The molecule has 2 aromatic carbocycles. The largest absolute Gasteiger partial charge is 0.207 e. The lowest BCUT2D eigenvalue weighted by molar-refractivity contribution is 0.587. The second kappa shape index (κ2) is 5.55. The van der Waals surface area contributed by atoms with Crippen molar-refractivity contribution in [2.75, 3.05) is 0 Å². The van der Waals surface area contributed by atoms with Gasteiger partial charge in [0, 0.05) is 15.1 Å². The van der Waals surface area contributed by atoms with Crippen LogP contribution >= 0.6 is 39.1 Å². The van der Waals surface area contributed by atoms with Crippen molar-refractivity contribution in [2.24, 2.45) is 0 Å². The Kier molecular flexibility index (Phi) is 4.25. The molecule has 0 N–H and O–H groups in total. The minimum Gasteiger partial charge on any atom is -0.207 e. The van der Waals surface area contributed by atoms with E-state index < -0.39 is 17.0 Å². The van der Waals surface area contributed by atoms with Crippen molar-refractivity contribution in [3.05, 3.63) is 68.7 Å². The lowest BCUT2D eigenvalue weighted by Gasteiger charge is -2.12. The van der Waals surface area contributed by atoms with Gasteiger partial charge in [0.25, 0.3) is 0 Å². The van der Waals surface area contributed by atoms with Crippen molar-refractivity contribution in [3.63, 3.8) is 0 Å². The van der Waals surface area contributed by atoms with Crippen LogP contribution in [-0.4, -0.2) is 0 Å². The average Bonchev–Trinajstić information content (AvgIpc) is 2.30. The second-order valence-corrected chi connectivity index (χ2v) is 5.52. The maximum Gasteiger partial charge on any atom is 0.128 e. The van der Waals surface area contributed by atoms with Gasteiger partial charge in [0.15, 0.2) is 0 Å². The van der Waals surface area contributed by atoms with E-state index in [4.69, 9.17) is 23.2 Å². The topological polar surface area (TPSA) is 0 Å². The van der Waals surface area contributed by atoms with E-state index in [2.05, 4.69) is 15.9 Å². The Hall–Kier alpha value is -0.640. The van der Waals surface area contributed by atoms with Gasteiger partial charge in [-0.25, -0.2) is 8.78 Å². The monoisotopic (exact) mass is 350 g/mol. The summed E-state index contributed by atoms with van der Waals surface area (Å²) in [5.41, 5.74) is 0.686. The summed E-state index contributed by atoms with van der Waals surface area (Å²) in [5.74, 6) is -1.08. The van der Waals surface area contributed by atoms with Crippen LogP contribution in [-0.2, 0) is 0 Å². The summed E-state index contributed by atoms with van der Waals surface area (Å²) in [6.45, 7) is 0. The molecular formula is C13H7BrCl2F2. The molecule has 18 heavy (non-hydrogen) atoms. The summed E-state index contributed by atoms with van der Waals surface area (Å²) in [6.07, 6.45) is 0. The molecular weight excluding hydrogens is 345 g/mol. The number of hydrogen-bond acceptors (Lipinski definition) is 0. The number of alkyl halides is 1. The second-order valence-electron chi connectivity index (χ2n) is 3.73. The first kappa shape index (κ1) is 13.8. The molecule has 0 aliphatic heterocycles. The molecule has 94 valence electrons. The summed E-state index contributed by atoms with van der Waals surface area (Å²) >= 11 is 15.3. The molecule has 0 saturated heterocycles. The molecule has 0 nitrogen and oxygen atoms in total. The fourth-order valence-corrected chi connectivity index (χ4v) is 2.79. The highest BCUT2D eigenvalue weighted by Crippen LogP contribution is 2.34. The van der Waals surface area contributed by atoms with E-state index in [1.165, 1.54) is 0 Å². The van der Waals surface area contributed by atoms with Crippen molar-refractivity contribution in [2.45, 2.75) is 5.38 Å². The average molecular weight is 352 g/mol. The molecule has 0 spiro atoms. The zero-order valence-corrected chi connectivity index (χ0v) is 12.0. The zero-order valence-electron chi connectivity index (χ0n) is 8.93. The minimum atomic E-state index is -0.796. The normalized spacial score (nSPS) is 12.5. The molecule has 0 aliphatic carbocycles. The Balaban J connectivity index is 2.47. The third-order valence-corrected chi connectivity index (χ3v) is 3.57. The smallest absolute Gasteiger partial charge is 0.128 e. The predicted octanol–water partition coefficient (Wildman–Crippen LogP) is 5.71. The first-order valence-corrected chi connectivity index (χ1v) is 6.63. The van der Waals surface area contributed by atoms with Crippen LogP contribution in [0.15, 0.2) is 40.9 Å². The Morgan fingerprint density at radius 1 is 1.06 bits per heavy atom. The summed E-state index contributed by atoms with van der Waals surface area (Å²) in [4.78, 5) is 0. The van der Waals surface area contributed by atoms with Gasteiger partial charge in [0.2, 0.25) is 0 Å². The van der Waals surface area contributed by atoms with E-state index in [0.717, 1.165) is 22.7 Å². The van der Waals surface area contributed by atoms with Gasteiger partial charge in [-0.3, -0.25) is 0 Å². The van der Waals surface area contributed by atoms with Gasteiger partial charge < -0.3 is 0 Å². The number of halogens is 5. The van der Waals surface area contributed by atoms with Gasteiger partial charge >= 0.3 is 0 Å². The Bertz CT molecular complexity index is 567. The van der Waals surface area contributed by atoms with E-state index in [1.54, 1.807) is 18.2 Å². The molecule has 5 heteroatoms. The molecule has 0 amide bonds. The van der Waals surface area contributed by atoms with Crippen LogP contribution in [0.4, 0.5) is 8.78 Å². The van der Waals surface area contributed by atoms with Crippen LogP contribution < -0.4 is 0 Å². The SMILES string of the molecule is Fc1ccc(F)c(C(Cl)c2cc(Cl)cc(Br)c2)c1. The fourth-order valence-electron chi connectivity index (χ4n) is 1.61. The minimum absolute atomic E-state index is 0.0887. The molecule has 0 radical (unpaired) electrons. The highest BCUT2D eigenvalue weighted by atomic mass is 79.9. The molecule has 1 atom stereocenters. The fraction of sp³-hybridized carbons (Fsp3) is 0.0769. The molecule has 0 aromatic heterocycles. The summed E-state index contributed by atoms with van der Waals surface area (Å²) in [7, 11) is 0. The van der Waals surface area contributed by atoms with Crippen LogP contribution in [0.3, 0.4) is 0 Å². The Morgan fingerprint density at radius 2 is 1.78 bits per heavy atom. The summed E-state index contributed by atoms with van der Waals surface area (Å²) in [5, 5.41) is -0.322. The first-order valence-electron chi connectivity index (χ1n) is 5.02. The molecule has 0 fully saturated rings. The zero-order chi connectivity index (χ0) is 13.3. The maximum atomic E-state index is 13.6. The van der Waals surface area contributed by atoms with E-state index in [0.29, 0.717) is 10.6 Å². The van der Waals surface area contributed by atoms with Gasteiger partial charge in [-0.2, -0.15) is 0 Å². The van der Waals surface area contributed by atoms with Crippen molar-refractivity contribution < 1.29 is 8.78 Å².